The van der Waals surface area contributed by atoms with Crippen LogP contribution >= 0.6 is 11.3 Å². The second kappa shape index (κ2) is 8.72. The van der Waals surface area contributed by atoms with Gasteiger partial charge in [-0.1, -0.05) is 0 Å². The topological polar surface area (TPSA) is 92.9 Å². The summed E-state index contributed by atoms with van der Waals surface area (Å²) in [5.74, 6) is -0.0550. The summed E-state index contributed by atoms with van der Waals surface area (Å²) in [5.41, 5.74) is 1.06. The molecule has 0 spiro atoms. The van der Waals surface area contributed by atoms with Crippen molar-refractivity contribution in [2.75, 3.05) is 27.7 Å². The Hall–Kier alpha value is -3.67. The Morgan fingerprint density at radius 2 is 2.22 bits per heavy atom. The number of benzene rings is 1. The molecule has 0 radical (unpaired) electrons. The standard InChI is InChI=1S/C26H27N5O5S/c1-15-26(34-5,14-36-15)30(3)25(32)23-19-12-35-22-11-21(33-4)17(20-6-8-29(2)27-20)10-18(22)24(19)31(28-23)16-7-9-37-13-16/h6-11,13,15H,12,14H2,1-5H3/i3D3,5D3. The van der Waals surface area contributed by atoms with E-state index in [0.717, 1.165) is 0 Å². The first-order valence-corrected chi connectivity index (χ1v) is 12.3. The number of methoxy groups -OCH3 is 2. The van der Waals surface area contributed by atoms with E-state index < -0.39 is 38.4 Å². The van der Waals surface area contributed by atoms with Crippen molar-refractivity contribution < 1.29 is 32.0 Å². The van der Waals surface area contributed by atoms with E-state index in [2.05, 4.69) is 10.2 Å². The minimum Gasteiger partial charge on any atom is -0.496 e. The van der Waals surface area contributed by atoms with Crippen molar-refractivity contribution in [1.82, 2.24) is 24.5 Å². The number of likely N-dealkylation sites (N-methyl/N-ethyl adjacent to an activating group) is 1. The average molecular weight is 528 g/mol. The molecule has 1 fully saturated rings. The van der Waals surface area contributed by atoms with Crippen molar-refractivity contribution >= 4 is 17.2 Å². The number of aromatic nitrogens is 4. The molecule has 1 aromatic carbocycles. The van der Waals surface area contributed by atoms with E-state index >= 15 is 0 Å². The Balaban J connectivity index is 1.56. The number of carbonyl (C=O) groups excluding carboxylic acids is 1. The lowest BCUT2D eigenvalue weighted by molar-refractivity contribution is -0.293. The van der Waals surface area contributed by atoms with Crippen LogP contribution in [0.1, 0.15) is 31.2 Å². The summed E-state index contributed by atoms with van der Waals surface area (Å²) in [6.07, 6.45) is 0.756. The van der Waals surface area contributed by atoms with Gasteiger partial charge < -0.3 is 23.8 Å². The zero-order chi connectivity index (χ0) is 30.9. The maximum atomic E-state index is 14.3. The third kappa shape index (κ3) is 3.49. The van der Waals surface area contributed by atoms with Crippen LogP contribution in [0.3, 0.4) is 0 Å². The maximum absolute atomic E-state index is 14.3. The van der Waals surface area contributed by atoms with E-state index in [0.29, 0.717) is 50.2 Å². The van der Waals surface area contributed by atoms with Crippen LogP contribution < -0.4 is 9.47 Å². The molecule has 1 amide bonds. The molecule has 3 aromatic heterocycles. The molecule has 11 heteroatoms. The number of carbonyl (C=O) groups is 1. The van der Waals surface area contributed by atoms with Crippen LogP contribution in [0.25, 0.3) is 28.2 Å². The lowest BCUT2D eigenvalue weighted by Gasteiger charge is -2.51. The Bertz CT molecular complexity index is 1700. The average Bonchev–Trinajstić information content (AvgIpc) is 3.69. The number of aryl methyl sites for hydroxylation is 1. The molecule has 37 heavy (non-hydrogen) atoms. The predicted octanol–water partition coefficient (Wildman–Crippen LogP) is 3.74. The molecule has 10 nitrogen and oxygen atoms in total. The normalized spacial score (nSPS) is 23.1. The van der Waals surface area contributed by atoms with Gasteiger partial charge in [0.15, 0.2) is 11.4 Å². The molecule has 192 valence electrons. The van der Waals surface area contributed by atoms with Crippen molar-refractivity contribution in [1.29, 1.82) is 0 Å². The fraction of sp³-hybridized carbons (Fsp3) is 0.346. The first-order chi connectivity index (χ1) is 20.2. The number of fused-ring (bicyclic) bond motifs is 3. The lowest BCUT2D eigenvalue weighted by atomic mass is 9.97. The largest absolute Gasteiger partial charge is 0.496 e. The zero-order valence-corrected chi connectivity index (χ0v) is 21.0. The van der Waals surface area contributed by atoms with Crippen LogP contribution in [0.4, 0.5) is 0 Å². The number of ether oxygens (including phenoxy) is 4. The molecule has 0 aliphatic carbocycles. The van der Waals surface area contributed by atoms with E-state index in [1.165, 1.54) is 18.3 Å². The van der Waals surface area contributed by atoms with Gasteiger partial charge in [-0.25, -0.2) is 4.68 Å². The number of amides is 1. The highest BCUT2D eigenvalue weighted by Gasteiger charge is 2.52. The smallest absolute Gasteiger partial charge is 0.276 e. The zero-order valence-electron chi connectivity index (χ0n) is 26.2. The molecule has 0 saturated carbocycles. The van der Waals surface area contributed by atoms with E-state index in [4.69, 9.17) is 27.2 Å². The van der Waals surface area contributed by atoms with Crippen molar-refractivity contribution in [3.63, 3.8) is 0 Å². The van der Waals surface area contributed by atoms with Crippen LogP contribution in [-0.2, 0) is 23.1 Å². The first-order valence-electron chi connectivity index (χ1n) is 14.4. The molecule has 0 N–H and O–H groups in total. The van der Waals surface area contributed by atoms with Crippen molar-refractivity contribution in [2.45, 2.75) is 25.4 Å². The summed E-state index contributed by atoms with van der Waals surface area (Å²) in [5, 5.41) is 12.8. The van der Waals surface area contributed by atoms with Crippen LogP contribution in [0, 0.1) is 0 Å². The summed E-state index contributed by atoms with van der Waals surface area (Å²) >= 11 is 1.42. The predicted molar refractivity (Wildman–Crippen MR) is 137 cm³/mol. The van der Waals surface area contributed by atoms with Gasteiger partial charge in [0, 0.05) is 59.5 Å². The van der Waals surface area contributed by atoms with Gasteiger partial charge in [0.25, 0.3) is 5.91 Å². The SMILES string of the molecule is [2H]C([2H])([2H])OC1(N(C(=O)c2nn(-c3ccsc3)c3c2COc2cc(OC)c(-c4ccn(C)n4)cc2-3)C([2H])([2H])[2H])COC1C. The van der Waals surface area contributed by atoms with Gasteiger partial charge in [0.05, 0.1) is 34.9 Å². The molecule has 6 rings (SSSR count). The third-order valence-corrected chi connectivity index (χ3v) is 7.46. The van der Waals surface area contributed by atoms with E-state index in [9.17, 15) is 4.79 Å². The number of nitrogens with zero attached hydrogens (tertiary/aromatic N) is 5. The Kier molecular flexibility index (Phi) is 4.18. The van der Waals surface area contributed by atoms with Crippen molar-refractivity contribution in [2.24, 2.45) is 7.05 Å². The Labute approximate surface area is 226 Å². The molecule has 0 bridgehead atoms. The molecule has 5 heterocycles. The van der Waals surface area contributed by atoms with Crippen LogP contribution in [0.5, 0.6) is 11.5 Å². The van der Waals surface area contributed by atoms with Crippen LogP contribution in [-0.4, -0.2) is 69.9 Å². The second-order valence-corrected chi connectivity index (χ2v) is 9.60. The van der Waals surface area contributed by atoms with Crippen molar-refractivity contribution in [3.8, 4) is 39.7 Å². The van der Waals surface area contributed by atoms with Gasteiger partial charge >= 0.3 is 0 Å². The van der Waals surface area contributed by atoms with E-state index in [-0.39, 0.29) is 12.3 Å². The highest BCUT2D eigenvalue weighted by molar-refractivity contribution is 7.08. The van der Waals surface area contributed by atoms with E-state index in [1.54, 1.807) is 35.8 Å². The number of hydrogen-bond donors (Lipinski definition) is 0. The van der Waals surface area contributed by atoms with Gasteiger partial charge in [-0.2, -0.15) is 21.5 Å². The van der Waals surface area contributed by atoms with Gasteiger partial charge in [-0.3, -0.25) is 9.48 Å². The molecule has 2 atom stereocenters. The summed E-state index contributed by atoms with van der Waals surface area (Å²) in [6.45, 7) is -2.22. The van der Waals surface area contributed by atoms with Crippen LogP contribution in [0.2, 0.25) is 0 Å². The maximum Gasteiger partial charge on any atom is 0.276 e. The number of rotatable bonds is 6. The fourth-order valence-corrected chi connectivity index (χ4v) is 5.23. The lowest BCUT2D eigenvalue weighted by Crippen LogP contribution is -2.68. The molecule has 2 aliphatic heterocycles. The van der Waals surface area contributed by atoms with Gasteiger partial charge in [-0.05, 0) is 30.5 Å². The van der Waals surface area contributed by atoms with Crippen molar-refractivity contribution in [3.05, 3.63) is 52.5 Å². The summed E-state index contributed by atoms with van der Waals surface area (Å²) in [6, 6.07) is 7.21. The molecule has 2 unspecified atom stereocenters. The highest BCUT2D eigenvalue weighted by Crippen LogP contribution is 2.46. The van der Waals surface area contributed by atoms with E-state index in [1.807, 2.05) is 29.0 Å². The number of hydrogen-bond acceptors (Lipinski definition) is 8. The fourth-order valence-electron chi connectivity index (χ4n) is 4.62. The summed E-state index contributed by atoms with van der Waals surface area (Å²) in [7, 11) is 0.327. The van der Waals surface area contributed by atoms with Gasteiger partial charge in [0.2, 0.25) is 0 Å². The first kappa shape index (κ1) is 17.7. The highest BCUT2D eigenvalue weighted by atomic mass is 32.1. The molecular formula is C26H27N5O5S. The van der Waals surface area contributed by atoms with Gasteiger partial charge in [-0.15, -0.1) is 0 Å². The molecule has 2 aliphatic rings. The summed E-state index contributed by atoms with van der Waals surface area (Å²) in [4.78, 5) is 14.8. The van der Waals surface area contributed by atoms with Crippen LogP contribution in [0.15, 0.2) is 41.2 Å². The van der Waals surface area contributed by atoms with Gasteiger partial charge in [0.1, 0.15) is 24.2 Å². The third-order valence-electron chi connectivity index (χ3n) is 6.79. The second-order valence-electron chi connectivity index (χ2n) is 8.82. The Morgan fingerprint density at radius 1 is 1.32 bits per heavy atom. The Morgan fingerprint density at radius 3 is 2.84 bits per heavy atom. The summed E-state index contributed by atoms with van der Waals surface area (Å²) < 4.78 is 73.5. The minimum atomic E-state index is -3.10. The quantitative estimate of drug-likeness (QED) is 0.353. The number of thiophene rings is 1. The monoisotopic (exact) mass is 527 g/mol. The molecule has 1 saturated heterocycles. The molecule has 4 aromatic rings. The minimum absolute atomic E-state index is 0.117. The molecular weight excluding hydrogens is 494 g/mol.